The van der Waals surface area contributed by atoms with Crippen LogP contribution in [0.2, 0.25) is 0 Å². The maximum atomic E-state index is 13.8. The van der Waals surface area contributed by atoms with Crippen molar-refractivity contribution < 1.29 is 23.4 Å². The molecule has 1 amide bonds. The molecule has 0 aliphatic carbocycles. The summed E-state index contributed by atoms with van der Waals surface area (Å²) in [5.41, 5.74) is 0.719. The largest absolute Gasteiger partial charge is 0.497 e. The fourth-order valence-corrected chi connectivity index (χ4v) is 5.22. The summed E-state index contributed by atoms with van der Waals surface area (Å²) in [6.07, 6.45) is 0. The van der Waals surface area contributed by atoms with Crippen LogP contribution >= 0.6 is 12.2 Å². The van der Waals surface area contributed by atoms with Gasteiger partial charge in [-0.1, -0.05) is 12.1 Å². The number of thiocarbonyl (C=S) groups is 1. The Hall–Kier alpha value is -3.85. The Labute approximate surface area is 207 Å². The zero-order valence-electron chi connectivity index (χ0n) is 19.4. The molecule has 2 N–H and O–H groups in total. The molecule has 3 atom stereocenters. The van der Waals surface area contributed by atoms with Crippen LogP contribution < -0.4 is 29.7 Å². The van der Waals surface area contributed by atoms with Crippen LogP contribution in [0.4, 0.5) is 15.8 Å². The number of rotatable bonds is 5. The van der Waals surface area contributed by atoms with Crippen molar-refractivity contribution >= 4 is 34.6 Å². The van der Waals surface area contributed by atoms with Gasteiger partial charge >= 0.3 is 0 Å². The molecule has 3 aromatic rings. The molecule has 9 heteroatoms. The van der Waals surface area contributed by atoms with Gasteiger partial charge in [-0.15, -0.1) is 0 Å². The fourth-order valence-electron chi connectivity index (χ4n) is 4.80. The molecule has 7 nitrogen and oxygen atoms in total. The van der Waals surface area contributed by atoms with Crippen molar-refractivity contribution in [2.24, 2.45) is 5.92 Å². The van der Waals surface area contributed by atoms with Gasteiger partial charge in [0, 0.05) is 16.9 Å². The second-order valence-electron chi connectivity index (χ2n) is 8.47. The molecular formula is C26H24FN3O4S. The normalized spacial score (nSPS) is 22.4. The fraction of sp³-hybridized carbons (Fsp3) is 0.231. The van der Waals surface area contributed by atoms with E-state index in [0.29, 0.717) is 33.7 Å². The van der Waals surface area contributed by atoms with E-state index in [1.807, 2.05) is 19.1 Å². The molecule has 2 aliphatic rings. The Bertz CT molecular complexity index is 1280. The number of benzene rings is 3. The Morgan fingerprint density at radius 2 is 1.80 bits per heavy atom. The number of nitrogens with one attached hydrogen (secondary N) is 2. The predicted molar refractivity (Wildman–Crippen MR) is 134 cm³/mol. The molecular weight excluding hydrogens is 469 g/mol. The van der Waals surface area contributed by atoms with Crippen LogP contribution in [0.5, 0.6) is 17.2 Å². The average molecular weight is 494 g/mol. The molecule has 2 bridgehead atoms. The van der Waals surface area contributed by atoms with Crippen molar-refractivity contribution in [3.8, 4) is 17.2 Å². The smallest absolute Gasteiger partial charge is 0.236 e. The number of para-hydroxylation sites is 1. The molecule has 0 unspecified atom stereocenters. The van der Waals surface area contributed by atoms with Gasteiger partial charge in [0.1, 0.15) is 17.5 Å². The van der Waals surface area contributed by atoms with Crippen LogP contribution in [0.15, 0.2) is 66.7 Å². The van der Waals surface area contributed by atoms with Crippen molar-refractivity contribution in [2.45, 2.75) is 18.7 Å². The van der Waals surface area contributed by atoms with Crippen LogP contribution in [0, 0.1) is 11.7 Å². The number of amides is 1. The van der Waals surface area contributed by atoms with Gasteiger partial charge in [0.05, 0.1) is 20.3 Å². The average Bonchev–Trinajstić information content (AvgIpc) is 2.84. The first-order valence-corrected chi connectivity index (χ1v) is 11.4. The molecule has 0 spiro atoms. The van der Waals surface area contributed by atoms with E-state index in [2.05, 4.69) is 10.6 Å². The van der Waals surface area contributed by atoms with Crippen LogP contribution in [0.25, 0.3) is 0 Å². The van der Waals surface area contributed by atoms with Crippen molar-refractivity contribution in [1.29, 1.82) is 0 Å². The first-order valence-electron chi connectivity index (χ1n) is 11.0. The number of nitrogens with zero attached hydrogens (tertiary/aromatic N) is 1. The maximum Gasteiger partial charge on any atom is 0.236 e. The van der Waals surface area contributed by atoms with Gasteiger partial charge in [0.25, 0.3) is 0 Å². The minimum atomic E-state index is -1.25. The minimum absolute atomic E-state index is 0.266. The highest BCUT2D eigenvalue weighted by Crippen LogP contribution is 2.52. The number of anilines is 2. The number of ether oxygens (including phenoxy) is 3. The standard InChI is InChI=1S/C26H24FN3O4S/c1-26-21(24(31)28-16-9-13-18(32-2)14-10-16)22(19-5-4-6-20(33-3)23(19)34-26)29-25(35)30(26)17-11-7-15(27)8-12-17/h4-14,21-22H,1-3H3,(H,28,31)(H,29,35)/t21-,22-,26-/m0/s1. The Morgan fingerprint density at radius 1 is 1.09 bits per heavy atom. The molecule has 180 valence electrons. The van der Waals surface area contributed by atoms with Crippen molar-refractivity contribution in [3.05, 3.63) is 78.1 Å². The third-order valence-electron chi connectivity index (χ3n) is 6.43. The second kappa shape index (κ2) is 8.74. The van der Waals surface area contributed by atoms with Crippen molar-refractivity contribution in [2.75, 3.05) is 24.4 Å². The molecule has 2 aliphatic heterocycles. The van der Waals surface area contributed by atoms with E-state index in [0.717, 1.165) is 5.56 Å². The zero-order valence-corrected chi connectivity index (χ0v) is 20.2. The highest BCUT2D eigenvalue weighted by atomic mass is 32.1. The number of methoxy groups -OCH3 is 2. The summed E-state index contributed by atoms with van der Waals surface area (Å²) in [6.45, 7) is 1.81. The monoisotopic (exact) mass is 493 g/mol. The lowest BCUT2D eigenvalue weighted by Gasteiger charge is -2.56. The molecule has 5 rings (SSSR count). The number of fused-ring (bicyclic) bond motifs is 4. The van der Waals surface area contributed by atoms with Crippen molar-refractivity contribution in [1.82, 2.24) is 5.32 Å². The van der Waals surface area contributed by atoms with Crippen LogP contribution in [0.1, 0.15) is 18.5 Å². The lowest BCUT2D eigenvalue weighted by Crippen LogP contribution is -2.72. The lowest BCUT2D eigenvalue weighted by atomic mass is 9.78. The number of hydrogen-bond acceptors (Lipinski definition) is 5. The summed E-state index contributed by atoms with van der Waals surface area (Å²) in [5, 5.41) is 6.69. The minimum Gasteiger partial charge on any atom is -0.497 e. The first kappa shape index (κ1) is 22.9. The molecule has 35 heavy (non-hydrogen) atoms. The quantitative estimate of drug-likeness (QED) is 0.502. The van der Waals surface area contributed by atoms with Crippen LogP contribution in [-0.2, 0) is 4.79 Å². The SMILES string of the molecule is COc1ccc(NC(=O)[C@@H]2[C@H]3NC(=S)N(c4ccc(F)cc4)[C@@]2(C)Oc2c(OC)cccc23)cc1. The molecule has 0 aromatic heterocycles. The van der Waals surface area contributed by atoms with E-state index >= 15 is 0 Å². The highest BCUT2D eigenvalue weighted by molar-refractivity contribution is 7.80. The lowest BCUT2D eigenvalue weighted by molar-refractivity contribution is -0.130. The molecule has 0 radical (unpaired) electrons. The number of hydrogen-bond donors (Lipinski definition) is 2. The summed E-state index contributed by atoms with van der Waals surface area (Å²) < 4.78 is 31.1. The maximum absolute atomic E-state index is 13.8. The van der Waals surface area contributed by atoms with E-state index in [9.17, 15) is 9.18 Å². The first-order chi connectivity index (χ1) is 16.9. The summed E-state index contributed by atoms with van der Waals surface area (Å²) in [6, 6.07) is 18.0. The van der Waals surface area contributed by atoms with Crippen LogP contribution in [-0.4, -0.2) is 31.0 Å². The number of carbonyl (C=O) groups excluding carboxylic acids is 1. The Morgan fingerprint density at radius 3 is 2.46 bits per heavy atom. The topological polar surface area (TPSA) is 72.1 Å². The molecule has 0 saturated carbocycles. The van der Waals surface area contributed by atoms with Gasteiger partial charge in [-0.05, 0) is 73.7 Å². The molecule has 3 aromatic carbocycles. The second-order valence-corrected chi connectivity index (χ2v) is 8.86. The van der Waals surface area contributed by atoms with Gasteiger partial charge in [0.2, 0.25) is 5.91 Å². The van der Waals surface area contributed by atoms with Crippen LogP contribution in [0.3, 0.4) is 0 Å². The van der Waals surface area contributed by atoms with E-state index in [4.69, 9.17) is 26.4 Å². The Balaban J connectivity index is 1.61. The summed E-state index contributed by atoms with van der Waals surface area (Å²) in [5.74, 6) is 0.375. The van der Waals surface area contributed by atoms with E-state index in [1.165, 1.54) is 12.1 Å². The summed E-state index contributed by atoms with van der Waals surface area (Å²) >= 11 is 5.72. The van der Waals surface area contributed by atoms with Gasteiger partial charge < -0.3 is 24.8 Å². The number of carbonyl (C=O) groups is 1. The van der Waals surface area contributed by atoms with E-state index in [1.54, 1.807) is 61.6 Å². The molecule has 1 saturated heterocycles. The molecule has 1 fully saturated rings. The van der Waals surface area contributed by atoms with Gasteiger partial charge in [-0.25, -0.2) is 4.39 Å². The third kappa shape index (κ3) is 3.81. The Kier molecular flexibility index (Phi) is 5.72. The summed E-state index contributed by atoms with van der Waals surface area (Å²) in [7, 11) is 3.15. The van der Waals surface area contributed by atoms with Crippen molar-refractivity contribution in [3.63, 3.8) is 0 Å². The van der Waals surface area contributed by atoms with E-state index in [-0.39, 0.29) is 11.7 Å². The van der Waals surface area contributed by atoms with E-state index < -0.39 is 17.7 Å². The highest BCUT2D eigenvalue weighted by Gasteiger charge is 2.59. The van der Waals surface area contributed by atoms with Gasteiger partial charge in [-0.3, -0.25) is 9.69 Å². The van der Waals surface area contributed by atoms with Gasteiger partial charge in [0.15, 0.2) is 22.3 Å². The predicted octanol–water partition coefficient (Wildman–Crippen LogP) is 4.64. The molecule has 2 heterocycles. The number of halogens is 1. The zero-order chi connectivity index (χ0) is 24.7. The third-order valence-corrected chi connectivity index (χ3v) is 6.73. The summed E-state index contributed by atoms with van der Waals surface area (Å²) in [4.78, 5) is 15.5. The van der Waals surface area contributed by atoms with Gasteiger partial charge in [-0.2, -0.15) is 0 Å².